The second-order valence-corrected chi connectivity index (χ2v) is 8.66. The molecule has 11 heteroatoms. The molecular weight excluding hydrogens is 471 g/mol. The van der Waals surface area contributed by atoms with Gasteiger partial charge >= 0.3 is 6.18 Å². The largest absolute Gasteiger partial charge is 0.490 e. The summed E-state index contributed by atoms with van der Waals surface area (Å²) in [6.07, 6.45) is -1.50. The monoisotopic (exact) mass is 496 g/mol. The summed E-state index contributed by atoms with van der Waals surface area (Å²) in [5.74, 6) is -1.87. The zero-order valence-electron chi connectivity index (χ0n) is 18.9. The van der Waals surface area contributed by atoms with E-state index in [0.717, 1.165) is 12.1 Å². The fourth-order valence-corrected chi connectivity index (χ4v) is 4.51. The maximum Gasteiger partial charge on any atom is 0.419 e. The molecule has 1 saturated heterocycles. The summed E-state index contributed by atoms with van der Waals surface area (Å²) in [5, 5.41) is 15.7. The van der Waals surface area contributed by atoms with Crippen LogP contribution in [0.5, 0.6) is 5.75 Å². The van der Waals surface area contributed by atoms with E-state index < -0.39 is 41.1 Å². The molecule has 2 heterocycles. The zero-order chi connectivity index (χ0) is 25.2. The molecule has 0 spiro atoms. The first-order chi connectivity index (χ1) is 16.6. The first kappa shape index (κ1) is 25.1. The first-order valence-corrected chi connectivity index (χ1v) is 11.1. The number of piperidine rings is 1. The summed E-state index contributed by atoms with van der Waals surface area (Å²) in [4.78, 5) is 5.77. The normalized spacial score (nSPS) is 18.3. The van der Waals surface area contributed by atoms with Crippen LogP contribution in [0.15, 0.2) is 55.1 Å². The number of ether oxygens (including phenoxy) is 1. The van der Waals surface area contributed by atoms with Crippen LogP contribution in [0.1, 0.15) is 30.9 Å². The van der Waals surface area contributed by atoms with Crippen molar-refractivity contribution in [2.24, 2.45) is 0 Å². The van der Waals surface area contributed by atoms with Gasteiger partial charge in [-0.2, -0.15) is 18.3 Å². The number of likely N-dealkylation sites (tertiary alicyclic amines) is 1. The van der Waals surface area contributed by atoms with E-state index in [-0.39, 0.29) is 17.9 Å². The Morgan fingerprint density at radius 2 is 1.80 bits per heavy atom. The number of aliphatic hydroxyl groups is 1. The van der Waals surface area contributed by atoms with Crippen molar-refractivity contribution in [2.45, 2.75) is 50.2 Å². The third kappa shape index (κ3) is 5.46. The highest BCUT2D eigenvalue weighted by Crippen LogP contribution is 2.38. The van der Waals surface area contributed by atoms with E-state index in [1.165, 1.54) is 41.6 Å². The molecule has 188 valence electrons. The maximum atomic E-state index is 14.8. The van der Waals surface area contributed by atoms with Crippen molar-refractivity contribution in [1.82, 2.24) is 19.7 Å². The van der Waals surface area contributed by atoms with Crippen LogP contribution in [0, 0.1) is 11.6 Å². The lowest BCUT2D eigenvalue weighted by molar-refractivity contribution is -0.139. The van der Waals surface area contributed by atoms with Crippen LogP contribution >= 0.6 is 0 Å². The smallest absolute Gasteiger partial charge is 0.419 e. The van der Waals surface area contributed by atoms with Gasteiger partial charge < -0.3 is 9.84 Å². The number of hydrogen-bond acceptors (Lipinski definition) is 5. The number of nitrogens with zero attached hydrogens (tertiary/aromatic N) is 4. The van der Waals surface area contributed by atoms with E-state index >= 15 is 0 Å². The third-order valence-electron chi connectivity index (χ3n) is 6.47. The fourth-order valence-electron chi connectivity index (χ4n) is 4.51. The van der Waals surface area contributed by atoms with Gasteiger partial charge in [-0.25, -0.2) is 18.4 Å². The minimum Gasteiger partial charge on any atom is -0.490 e. The number of halogens is 5. The van der Waals surface area contributed by atoms with Crippen LogP contribution in [0.2, 0.25) is 0 Å². The van der Waals surface area contributed by atoms with Gasteiger partial charge in [-0.05, 0) is 38.0 Å². The van der Waals surface area contributed by atoms with Gasteiger partial charge in [0.25, 0.3) is 0 Å². The molecule has 0 aliphatic carbocycles. The molecule has 0 saturated carbocycles. The molecule has 0 unspecified atom stereocenters. The number of aromatic nitrogens is 3. The molecule has 6 nitrogen and oxygen atoms in total. The molecule has 2 atom stereocenters. The average molecular weight is 496 g/mol. The van der Waals surface area contributed by atoms with Gasteiger partial charge in [-0.1, -0.05) is 18.2 Å². The molecule has 1 aromatic heterocycles. The number of hydrogen-bond donors (Lipinski definition) is 1. The molecule has 0 radical (unpaired) electrons. The Bertz CT molecular complexity index is 1130. The first-order valence-electron chi connectivity index (χ1n) is 11.1. The van der Waals surface area contributed by atoms with Gasteiger partial charge in [-0.15, -0.1) is 0 Å². The van der Waals surface area contributed by atoms with Crippen LogP contribution in [-0.4, -0.2) is 50.0 Å². The van der Waals surface area contributed by atoms with E-state index in [2.05, 4.69) is 10.1 Å². The van der Waals surface area contributed by atoms with Crippen LogP contribution < -0.4 is 4.74 Å². The van der Waals surface area contributed by atoms with Crippen LogP contribution in [-0.2, 0) is 18.3 Å². The Balaban J connectivity index is 1.51. The summed E-state index contributed by atoms with van der Waals surface area (Å²) >= 11 is 0. The van der Waals surface area contributed by atoms with Crippen molar-refractivity contribution >= 4 is 0 Å². The van der Waals surface area contributed by atoms with Gasteiger partial charge in [-0.3, -0.25) is 4.90 Å². The molecular formula is C24H25F5N4O2. The van der Waals surface area contributed by atoms with Crippen molar-refractivity contribution in [3.8, 4) is 5.75 Å². The van der Waals surface area contributed by atoms with Crippen LogP contribution in [0.3, 0.4) is 0 Å². The van der Waals surface area contributed by atoms with Crippen LogP contribution in [0.4, 0.5) is 22.0 Å². The van der Waals surface area contributed by atoms with E-state index in [9.17, 15) is 27.1 Å². The maximum absolute atomic E-state index is 14.8. The Hall–Kier alpha value is -3.05. The van der Waals surface area contributed by atoms with Gasteiger partial charge in [0.15, 0.2) is 0 Å². The minimum atomic E-state index is -4.52. The Labute approximate surface area is 199 Å². The highest BCUT2D eigenvalue weighted by atomic mass is 19.4. The minimum absolute atomic E-state index is 0.0839. The number of rotatable bonds is 7. The predicted octanol–water partition coefficient (Wildman–Crippen LogP) is 4.39. The third-order valence-corrected chi connectivity index (χ3v) is 6.47. The molecule has 3 aromatic rings. The molecule has 2 aromatic carbocycles. The van der Waals surface area contributed by atoms with Gasteiger partial charge in [0, 0.05) is 30.8 Å². The Morgan fingerprint density at radius 3 is 2.43 bits per heavy atom. The Morgan fingerprint density at radius 1 is 1.09 bits per heavy atom. The second-order valence-electron chi connectivity index (χ2n) is 8.66. The summed E-state index contributed by atoms with van der Waals surface area (Å²) in [6, 6.07) is 7.44. The summed E-state index contributed by atoms with van der Waals surface area (Å²) in [7, 11) is 0. The molecule has 35 heavy (non-hydrogen) atoms. The molecule has 1 N–H and O–H groups in total. The van der Waals surface area contributed by atoms with E-state index in [0.29, 0.717) is 32.0 Å². The highest BCUT2D eigenvalue weighted by Gasteiger charge is 2.43. The van der Waals surface area contributed by atoms with Crippen molar-refractivity contribution in [2.75, 3.05) is 13.1 Å². The lowest BCUT2D eigenvalue weighted by atomic mass is 9.84. The molecule has 1 aliphatic heterocycles. The summed E-state index contributed by atoms with van der Waals surface area (Å²) < 4.78 is 75.3. The standard InChI is InChI=1S/C24H25F5N4O2/c1-16(23(34,13-33-15-30-14-31-33)19-7-6-17(25)12-21(19)26)32-10-8-18(9-11-32)35-22-5-3-2-4-20(22)24(27,28)29/h2-7,12,14-16,18,34H,8-11,13H2,1H3/t16-,23-/m1/s1. The van der Waals surface area contributed by atoms with Crippen molar-refractivity contribution in [3.63, 3.8) is 0 Å². The average Bonchev–Trinajstić information content (AvgIpc) is 3.31. The SMILES string of the molecule is C[C@@H](N1CCC(Oc2ccccc2C(F)(F)F)CC1)[C@](O)(Cn1cncn1)c1ccc(F)cc1F. The molecule has 1 fully saturated rings. The predicted molar refractivity (Wildman–Crippen MR) is 116 cm³/mol. The molecule has 0 amide bonds. The lowest BCUT2D eigenvalue weighted by Gasteiger charge is -2.44. The van der Waals surface area contributed by atoms with Crippen molar-refractivity contribution in [1.29, 1.82) is 0 Å². The molecule has 4 rings (SSSR count). The van der Waals surface area contributed by atoms with E-state index in [1.807, 2.05) is 4.90 Å². The number of alkyl halides is 3. The number of benzene rings is 2. The molecule has 0 bridgehead atoms. The quantitative estimate of drug-likeness (QED) is 0.492. The van der Waals surface area contributed by atoms with Gasteiger partial charge in [0.2, 0.25) is 0 Å². The summed E-state index contributed by atoms with van der Waals surface area (Å²) in [6.45, 7) is 2.37. The topological polar surface area (TPSA) is 63.4 Å². The van der Waals surface area contributed by atoms with E-state index in [1.54, 1.807) is 6.92 Å². The highest BCUT2D eigenvalue weighted by molar-refractivity contribution is 5.35. The lowest BCUT2D eigenvalue weighted by Crippen LogP contribution is -2.54. The van der Waals surface area contributed by atoms with Gasteiger partial charge in [0.05, 0.1) is 12.1 Å². The van der Waals surface area contributed by atoms with Crippen LogP contribution in [0.25, 0.3) is 0 Å². The second kappa shape index (κ2) is 9.90. The Kier molecular flexibility index (Phi) is 7.09. The number of para-hydroxylation sites is 1. The zero-order valence-corrected chi connectivity index (χ0v) is 18.9. The summed E-state index contributed by atoms with van der Waals surface area (Å²) in [5.41, 5.74) is -2.70. The van der Waals surface area contributed by atoms with E-state index in [4.69, 9.17) is 4.74 Å². The molecule has 1 aliphatic rings. The van der Waals surface area contributed by atoms with Gasteiger partial charge in [0.1, 0.15) is 41.7 Å². The van der Waals surface area contributed by atoms with Crippen molar-refractivity contribution in [3.05, 3.63) is 77.9 Å². The van der Waals surface area contributed by atoms with Crippen molar-refractivity contribution < 1.29 is 31.8 Å². The fraction of sp³-hybridized carbons (Fsp3) is 0.417.